The molecule has 31 heavy (non-hydrogen) atoms. The van der Waals surface area contributed by atoms with Crippen molar-refractivity contribution in [1.29, 1.82) is 0 Å². The van der Waals surface area contributed by atoms with Crippen LogP contribution in [0.2, 0.25) is 0 Å². The summed E-state index contributed by atoms with van der Waals surface area (Å²) in [5.74, 6) is 0.219. The molecule has 0 fully saturated rings. The number of phenolic OH excluding ortho intramolecular Hbond substituents is 1. The number of aromatic hydroxyl groups is 1. The van der Waals surface area contributed by atoms with Crippen LogP contribution in [-0.2, 0) is 22.3 Å². The maximum Gasteiger partial charge on any atom is 0.115 e. The van der Waals surface area contributed by atoms with Crippen molar-refractivity contribution in [3.8, 4) is 5.75 Å². The van der Waals surface area contributed by atoms with Gasteiger partial charge >= 0.3 is 0 Å². The molecule has 0 saturated heterocycles. The van der Waals surface area contributed by atoms with E-state index in [1.54, 1.807) is 25.1 Å². The fourth-order valence-electron chi connectivity index (χ4n) is 3.16. The average Bonchev–Trinajstić information content (AvgIpc) is 2.76. The van der Waals surface area contributed by atoms with Gasteiger partial charge in [0.2, 0.25) is 0 Å². The number of rotatable bonds is 15. The Bertz CT molecular complexity index is 735. The number of ether oxygens (including phenoxy) is 2. The molecule has 4 atom stereocenters. The lowest BCUT2D eigenvalue weighted by molar-refractivity contribution is -0.0299. The van der Waals surface area contributed by atoms with Gasteiger partial charge in [0.05, 0.1) is 32.0 Å². The van der Waals surface area contributed by atoms with Crippen molar-refractivity contribution in [3.63, 3.8) is 0 Å². The Labute approximate surface area is 185 Å². The first kappa shape index (κ1) is 25.0. The highest BCUT2D eigenvalue weighted by atomic mass is 16.5. The van der Waals surface area contributed by atoms with Crippen molar-refractivity contribution < 1.29 is 24.8 Å². The molecule has 4 N–H and O–H groups in total. The second-order valence-corrected chi connectivity index (χ2v) is 7.77. The molecule has 6 nitrogen and oxygen atoms in total. The Morgan fingerprint density at radius 3 is 2.32 bits per heavy atom. The zero-order valence-electron chi connectivity index (χ0n) is 18.2. The Balaban J connectivity index is 1.88. The molecule has 4 unspecified atom stereocenters. The van der Waals surface area contributed by atoms with Crippen molar-refractivity contribution in [1.82, 2.24) is 5.32 Å². The van der Waals surface area contributed by atoms with Crippen LogP contribution in [0.4, 0.5) is 0 Å². The van der Waals surface area contributed by atoms with Crippen LogP contribution in [0.15, 0.2) is 67.3 Å². The molecule has 0 aromatic heterocycles. The molecule has 2 rings (SSSR count). The maximum absolute atomic E-state index is 10.5. The van der Waals surface area contributed by atoms with E-state index in [2.05, 4.69) is 11.9 Å². The summed E-state index contributed by atoms with van der Waals surface area (Å²) in [6.07, 6.45) is 2.11. The van der Waals surface area contributed by atoms with Crippen LogP contribution in [0.5, 0.6) is 5.75 Å². The van der Waals surface area contributed by atoms with Crippen molar-refractivity contribution >= 4 is 0 Å². The first-order chi connectivity index (χ1) is 15.0. The zero-order chi connectivity index (χ0) is 22.5. The minimum Gasteiger partial charge on any atom is -0.508 e. The molecule has 2 aromatic carbocycles. The van der Waals surface area contributed by atoms with Gasteiger partial charge in [0.15, 0.2) is 0 Å². The van der Waals surface area contributed by atoms with Gasteiger partial charge in [-0.05, 0) is 49.4 Å². The summed E-state index contributed by atoms with van der Waals surface area (Å²) in [6.45, 7) is 6.30. The van der Waals surface area contributed by atoms with Gasteiger partial charge in [0.25, 0.3) is 0 Å². The van der Waals surface area contributed by atoms with Gasteiger partial charge in [0, 0.05) is 6.04 Å². The molecule has 0 aliphatic carbocycles. The highest BCUT2D eigenvalue weighted by Gasteiger charge is 2.16. The Morgan fingerprint density at radius 2 is 1.68 bits per heavy atom. The van der Waals surface area contributed by atoms with Crippen molar-refractivity contribution in [2.24, 2.45) is 0 Å². The summed E-state index contributed by atoms with van der Waals surface area (Å²) < 4.78 is 11.4. The second kappa shape index (κ2) is 14.0. The van der Waals surface area contributed by atoms with Gasteiger partial charge in [-0.25, -0.2) is 0 Å². The molecule has 0 amide bonds. The molecule has 0 radical (unpaired) electrons. The molecule has 2 aromatic rings. The van der Waals surface area contributed by atoms with Crippen LogP contribution in [0.3, 0.4) is 0 Å². The van der Waals surface area contributed by atoms with Crippen LogP contribution in [0.1, 0.15) is 24.5 Å². The van der Waals surface area contributed by atoms with Crippen LogP contribution >= 0.6 is 0 Å². The number of aliphatic hydroxyl groups excluding tert-OH is 2. The Kier molecular flexibility index (Phi) is 11.3. The number of phenols is 1. The second-order valence-electron chi connectivity index (χ2n) is 7.77. The van der Waals surface area contributed by atoms with E-state index in [-0.39, 0.29) is 24.5 Å². The third kappa shape index (κ3) is 10.6. The quantitative estimate of drug-likeness (QED) is 0.257. The predicted molar refractivity (Wildman–Crippen MR) is 122 cm³/mol. The maximum atomic E-state index is 10.5. The van der Waals surface area contributed by atoms with Crippen molar-refractivity contribution in [3.05, 3.63) is 78.4 Å². The van der Waals surface area contributed by atoms with E-state index in [0.717, 1.165) is 12.0 Å². The Morgan fingerprint density at radius 1 is 0.968 bits per heavy atom. The predicted octanol–water partition coefficient (Wildman–Crippen LogP) is 2.81. The fourth-order valence-corrected chi connectivity index (χ4v) is 3.16. The Hall–Kier alpha value is -2.22. The molecular weight excluding hydrogens is 394 g/mol. The molecule has 6 heteroatoms. The first-order valence-corrected chi connectivity index (χ1v) is 10.7. The number of hydrogen-bond donors (Lipinski definition) is 4. The highest BCUT2D eigenvalue weighted by Crippen LogP contribution is 2.13. The summed E-state index contributed by atoms with van der Waals surface area (Å²) in [5, 5.41) is 32.7. The smallest absolute Gasteiger partial charge is 0.115 e. The van der Waals surface area contributed by atoms with Gasteiger partial charge in [0.1, 0.15) is 12.0 Å². The average molecular weight is 430 g/mol. The third-order valence-electron chi connectivity index (χ3n) is 4.81. The molecular formula is C25H35NO5. The molecule has 0 bridgehead atoms. The minimum absolute atomic E-state index is 0.127. The van der Waals surface area contributed by atoms with Gasteiger partial charge < -0.3 is 24.8 Å². The van der Waals surface area contributed by atoms with Crippen LogP contribution in [0, 0.1) is 0 Å². The van der Waals surface area contributed by atoms with Crippen LogP contribution in [-0.4, -0.2) is 59.6 Å². The van der Waals surface area contributed by atoms with Gasteiger partial charge in [-0.1, -0.05) is 48.5 Å². The number of aryl methyl sites for hydroxylation is 1. The normalized spacial score (nSPS) is 15.2. The van der Waals surface area contributed by atoms with E-state index in [1.165, 1.54) is 5.56 Å². The molecule has 170 valence electrons. The molecule has 0 saturated carbocycles. The summed E-state index contributed by atoms with van der Waals surface area (Å²) >= 11 is 0. The lowest BCUT2D eigenvalue weighted by atomic mass is 10.0. The summed E-state index contributed by atoms with van der Waals surface area (Å²) in [5.41, 5.74) is 2.21. The van der Waals surface area contributed by atoms with Gasteiger partial charge in [-0.3, -0.25) is 5.32 Å². The largest absolute Gasteiger partial charge is 0.508 e. The lowest BCUT2D eigenvalue weighted by Gasteiger charge is -2.24. The molecule has 0 aliphatic rings. The molecule has 0 heterocycles. The topological polar surface area (TPSA) is 91.2 Å². The van der Waals surface area contributed by atoms with E-state index in [9.17, 15) is 15.3 Å². The molecule has 0 spiro atoms. The van der Waals surface area contributed by atoms with Crippen LogP contribution in [0.25, 0.3) is 0 Å². The van der Waals surface area contributed by atoms with E-state index in [4.69, 9.17) is 9.47 Å². The summed E-state index contributed by atoms with van der Waals surface area (Å²) in [4.78, 5) is 0. The molecule has 0 aliphatic heterocycles. The lowest BCUT2D eigenvalue weighted by Crippen LogP contribution is -2.43. The number of aliphatic hydroxyl groups is 2. The highest BCUT2D eigenvalue weighted by molar-refractivity contribution is 5.26. The van der Waals surface area contributed by atoms with Gasteiger partial charge in [-0.2, -0.15) is 0 Å². The van der Waals surface area contributed by atoms with E-state index in [1.807, 2.05) is 42.5 Å². The van der Waals surface area contributed by atoms with E-state index < -0.39 is 12.3 Å². The summed E-state index contributed by atoms with van der Waals surface area (Å²) in [6, 6.07) is 16.9. The standard InChI is InChI=1S/C25H35NO5/c1-3-24(31-16-19(2)27)18-30-17-22(15-21-9-12-23(28)13-10-21)26-25(29)14-11-20-7-5-4-6-8-20/h3-10,12-13,19,22,24-29H,1,11,14-18H2,2H3. The summed E-state index contributed by atoms with van der Waals surface area (Å²) in [7, 11) is 0. The van der Waals surface area contributed by atoms with Gasteiger partial charge in [-0.15, -0.1) is 6.58 Å². The zero-order valence-corrected chi connectivity index (χ0v) is 18.2. The van der Waals surface area contributed by atoms with E-state index in [0.29, 0.717) is 26.1 Å². The number of nitrogens with one attached hydrogen (secondary N) is 1. The van der Waals surface area contributed by atoms with Crippen molar-refractivity contribution in [2.75, 3.05) is 19.8 Å². The number of hydrogen-bond acceptors (Lipinski definition) is 6. The SMILES string of the molecule is C=CC(COCC(Cc1ccc(O)cc1)NC(O)CCc1ccccc1)OCC(C)O. The van der Waals surface area contributed by atoms with E-state index >= 15 is 0 Å². The monoisotopic (exact) mass is 429 g/mol. The first-order valence-electron chi connectivity index (χ1n) is 10.7. The van der Waals surface area contributed by atoms with Crippen LogP contribution < -0.4 is 5.32 Å². The van der Waals surface area contributed by atoms with Crippen molar-refractivity contribution in [2.45, 2.75) is 50.7 Å². The third-order valence-corrected chi connectivity index (χ3v) is 4.81. The number of benzene rings is 2. The fraction of sp³-hybridized carbons (Fsp3) is 0.440. The minimum atomic E-state index is -0.674.